The lowest BCUT2D eigenvalue weighted by atomic mass is 10.1. The minimum absolute atomic E-state index is 0.0268. The summed E-state index contributed by atoms with van der Waals surface area (Å²) in [5.41, 5.74) is 1.64. The van der Waals surface area contributed by atoms with Crippen molar-refractivity contribution < 1.29 is 33.0 Å². The van der Waals surface area contributed by atoms with Gasteiger partial charge in [-0.25, -0.2) is 4.79 Å². The Labute approximate surface area is 159 Å². The number of nitrogens with one attached hydrogen (secondary N) is 1. The zero-order valence-electron chi connectivity index (χ0n) is 15.0. The van der Waals surface area contributed by atoms with E-state index >= 15 is 0 Å². The second-order valence-electron chi connectivity index (χ2n) is 6.03. The molecule has 0 spiro atoms. The highest BCUT2D eigenvalue weighted by Gasteiger charge is 2.22. The molecular formula is C20H17NO7. The maximum atomic E-state index is 12.4. The van der Waals surface area contributed by atoms with E-state index in [1.54, 1.807) is 30.3 Å². The fourth-order valence-electron chi connectivity index (χ4n) is 2.92. The van der Waals surface area contributed by atoms with Crippen molar-refractivity contribution in [1.29, 1.82) is 0 Å². The molecule has 1 amide bonds. The third kappa shape index (κ3) is 3.49. The summed E-state index contributed by atoms with van der Waals surface area (Å²) in [6.07, 6.45) is 0. The molecule has 3 aromatic rings. The van der Waals surface area contributed by atoms with Crippen LogP contribution in [0.3, 0.4) is 0 Å². The van der Waals surface area contributed by atoms with Crippen LogP contribution in [0, 0.1) is 0 Å². The topological polar surface area (TPSA) is 96.2 Å². The average Bonchev–Trinajstić information content (AvgIpc) is 3.31. The number of anilines is 1. The lowest BCUT2D eigenvalue weighted by Gasteiger charge is -2.07. The molecule has 8 heteroatoms. The SMILES string of the molecule is COCc1c(C(=O)OCC(=O)Nc2ccc3c(c2)OCO3)oc2ccccc12. The van der Waals surface area contributed by atoms with Gasteiger partial charge in [-0.3, -0.25) is 4.79 Å². The second-order valence-corrected chi connectivity index (χ2v) is 6.03. The minimum atomic E-state index is -0.732. The molecule has 144 valence electrons. The van der Waals surface area contributed by atoms with Gasteiger partial charge in [0.25, 0.3) is 5.91 Å². The van der Waals surface area contributed by atoms with Gasteiger partial charge in [0.2, 0.25) is 12.6 Å². The minimum Gasteiger partial charge on any atom is -0.454 e. The number of amides is 1. The maximum Gasteiger partial charge on any atom is 0.375 e. The van der Waals surface area contributed by atoms with Crippen LogP contribution in [-0.2, 0) is 20.9 Å². The molecule has 0 fully saturated rings. The average molecular weight is 383 g/mol. The van der Waals surface area contributed by atoms with Crippen molar-refractivity contribution in [1.82, 2.24) is 0 Å². The molecule has 0 unspecified atom stereocenters. The molecule has 1 aliphatic rings. The van der Waals surface area contributed by atoms with Crippen LogP contribution in [0.25, 0.3) is 11.0 Å². The van der Waals surface area contributed by atoms with E-state index in [-0.39, 0.29) is 19.2 Å². The first-order valence-corrected chi connectivity index (χ1v) is 8.51. The van der Waals surface area contributed by atoms with E-state index in [0.29, 0.717) is 28.3 Å². The Morgan fingerprint density at radius 3 is 2.79 bits per heavy atom. The van der Waals surface area contributed by atoms with Crippen molar-refractivity contribution in [3.63, 3.8) is 0 Å². The van der Waals surface area contributed by atoms with Crippen molar-refractivity contribution in [2.45, 2.75) is 6.61 Å². The van der Waals surface area contributed by atoms with Gasteiger partial charge in [0.05, 0.1) is 6.61 Å². The van der Waals surface area contributed by atoms with Crippen LogP contribution in [0.5, 0.6) is 11.5 Å². The molecular weight excluding hydrogens is 366 g/mol. The van der Waals surface area contributed by atoms with Crippen molar-refractivity contribution in [2.75, 3.05) is 25.8 Å². The van der Waals surface area contributed by atoms with Crippen molar-refractivity contribution in [3.8, 4) is 11.5 Å². The Morgan fingerprint density at radius 2 is 1.93 bits per heavy atom. The number of fused-ring (bicyclic) bond motifs is 2. The fourth-order valence-corrected chi connectivity index (χ4v) is 2.92. The molecule has 1 aromatic heterocycles. The van der Waals surface area contributed by atoms with Crippen LogP contribution in [0.2, 0.25) is 0 Å². The summed E-state index contributed by atoms with van der Waals surface area (Å²) in [7, 11) is 1.52. The van der Waals surface area contributed by atoms with Gasteiger partial charge in [-0.2, -0.15) is 0 Å². The van der Waals surface area contributed by atoms with Gasteiger partial charge in [0.15, 0.2) is 18.1 Å². The van der Waals surface area contributed by atoms with Gasteiger partial charge in [-0.1, -0.05) is 18.2 Å². The van der Waals surface area contributed by atoms with E-state index < -0.39 is 18.5 Å². The van der Waals surface area contributed by atoms with Crippen LogP contribution in [-0.4, -0.2) is 32.4 Å². The standard InChI is InChI=1S/C20H17NO7/c1-24-9-14-13-4-2-3-5-15(13)28-19(14)20(23)25-10-18(22)21-12-6-7-16-17(8-12)27-11-26-16/h2-8H,9-11H2,1H3,(H,21,22). The quantitative estimate of drug-likeness (QED) is 0.653. The molecule has 2 heterocycles. The Kier molecular flexibility index (Phi) is 4.86. The highest BCUT2D eigenvalue weighted by Crippen LogP contribution is 2.34. The van der Waals surface area contributed by atoms with Crippen LogP contribution >= 0.6 is 0 Å². The van der Waals surface area contributed by atoms with E-state index in [9.17, 15) is 9.59 Å². The van der Waals surface area contributed by atoms with Crippen LogP contribution in [0.1, 0.15) is 16.1 Å². The van der Waals surface area contributed by atoms with Gasteiger partial charge in [0.1, 0.15) is 5.58 Å². The molecule has 1 aliphatic heterocycles. The number of furan rings is 1. The van der Waals surface area contributed by atoms with Gasteiger partial charge >= 0.3 is 5.97 Å². The number of rotatable bonds is 6. The Morgan fingerprint density at radius 1 is 1.11 bits per heavy atom. The predicted molar refractivity (Wildman–Crippen MR) is 98.4 cm³/mol. The molecule has 8 nitrogen and oxygen atoms in total. The third-order valence-electron chi connectivity index (χ3n) is 4.16. The number of carbonyl (C=O) groups excluding carboxylic acids is 2. The van der Waals surface area contributed by atoms with Gasteiger partial charge < -0.3 is 28.7 Å². The number of ether oxygens (including phenoxy) is 4. The molecule has 0 bridgehead atoms. The largest absolute Gasteiger partial charge is 0.454 e. The maximum absolute atomic E-state index is 12.4. The molecule has 28 heavy (non-hydrogen) atoms. The smallest absolute Gasteiger partial charge is 0.375 e. The van der Waals surface area contributed by atoms with Crippen molar-refractivity contribution in [2.24, 2.45) is 0 Å². The number of methoxy groups -OCH3 is 1. The fraction of sp³-hybridized carbons (Fsp3) is 0.200. The van der Waals surface area contributed by atoms with Gasteiger partial charge in [-0.15, -0.1) is 0 Å². The van der Waals surface area contributed by atoms with Crippen molar-refractivity contribution >= 4 is 28.5 Å². The summed E-state index contributed by atoms with van der Waals surface area (Å²) in [6.45, 7) is -0.132. The molecule has 4 rings (SSSR count). The molecule has 0 radical (unpaired) electrons. The van der Waals surface area contributed by atoms with E-state index in [2.05, 4.69) is 5.32 Å². The molecule has 0 saturated carbocycles. The molecule has 2 aromatic carbocycles. The number of hydrogen-bond acceptors (Lipinski definition) is 7. The van der Waals surface area contributed by atoms with Crippen LogP contribution in [0.4, 0.5) is 5.69 Å². The Bertz CT molecular complexity index is 1040. The Balaban J connectivity index is 1.42. The number of benzene rings is 2. The summed E-state index contributed by atoms with van der Waals surface area (Å²) in [5, 5.41) is 3.40. The molecule has 0 aliphatic carbocycles. The zero-order chi connectivity index (χ0) is 19.5. The van der Waals surface area contributed by atoms with Crippen LogP contribution < -0.4 is 14.8 Å². The molecule has 0 atom stereocenters. The number of carbonyl (C=O) groups is 2. The monoisotopic (exact) mass is 383 g/mol. The summed E-state index contributed by atoms with van der Waals surface area (Å²) in [5.74, 6) is -0.0408. The predicted octanol–water partition coefficient (Wildman–Crippen LogP) is 3.10. The number of esters is 1. The zero-order valence-corrected chi connectivity index (χ0v) is 15.0. The van der Waals surface area contributed by atoms with E-state index in [1.165, 1.54) is 7.11 Å². The van der Waals surface area contributed by atoms with Gasteiger partial charge in [-0.05, 0) is 18.2 Å². The summed E-state index contributed by atoms with van der Waals surface area (Å²) in [4.78, 5) is 24.5. The molecule has 1 N–H and O–H groups in total. The first-order chi connectivity index (χ1) is 13.7. The highest BCUT2D eigenvalue weighted by atomic mass is 16.7. The normalized spacial score (nSPS) is 12.2. The second kappa shape index (κ2) is 7.61. The van der Waals surface area contributed by atoms with Crippen LogP contribution in [0.15, 0.2) is 46.9 Å². The van der Waals surface area contributed by atoms with E-state index in [0.717, 1.165) is 5.39 Å². The first kappa shape index (κ1) is 17.9. The van der Waals surface area contributed by atoms with E-state index in [4.69, 9.17) is 23.4 Å². The highest BCUT2D eigenvalue weighted by molar-refractivity contribution is 5.98. The Hall–Kier alpha value is -3.52. The lowest BCUT2D eigenvalue weighted by molar-refractivity contribution is -0.119. The third-order valence-corrected chi connectivity index (χ3v) is 4.16. The lowest BCUT2D eigenvalue weighted by Crippen LogP contribution is -2.21. The first-order valence-electron chi connectivity index (χ1n) is 8.51. The number of para-hydroxylation sites is 1. The van der Waals surface area contributed by atoms with Crippen molar-refractivity contribution in [3.05, 3.63) is 53.8 Å². The summed E-state index contributed by atoms with van der Waals surface area (Å²) in [6, 6.07) is 12.2. The van der Waals surface area contributed by atoms with E-state index in [1.807, 2.05) is 12.1 Å². The van der Waals surface area contributed by atoms with Gasteiger partial charge in [0, 0.05) is 29.8 Å². The summed E-state index contributed by atoms with van der Waals surface area (Å²) >= 11 is 0. The molecule has 0 saturated heterocycles. The summed E-state index contributed by atoms with van der Waals surface area (Å²) < 4.78 is 26.3. The number of hydrogen-bond donors (Lipinski definition) is 1.